The van der Waals surface area contributed by atoms with Crippen molar-refractivity contribution in [1.29, 1.82) is 0 Å². The Balaban J connectivity index is 3.04. The van der Waals surface area contributed by atoms with Gasteiger partial charge < -0.3 is 20.7 Å². The van der Waals surface area contributed by atoms with Gasteiger partial charge in [-0.1, -0.05) is 20.8 Å². The van der Waals surface area contributed by atoms with E-state index in [0.29, 0.717) is 29.9 Å². The first-order valence-electron chi connectivity index (χ1n) is 6.96. The molecule has 0 aromatic heterocycles. The normalized spacial score (nSPS) is 14.0. The summed E-state index contributed by atoms with van der Waals surface area (Å²) in [5, 5.41) is 8.01. The maximum atomic E-state index is 11.6. The van der Waals surface area contributed by atoms with Crippen molar-refractivity contribution in [2.24, 2.45) is 0 Å². The lowest BCUT2D eigenvalue weighted by atomic mass is 10.2. The van der Waals surface area contributed by atoms with Gasteiger partial charge in [0.1, 0.15) is 18.6 Å². The van der Waals surface area contributed by atoms with Gasteiger partial charge in [0, 0.05) is 19.3 Å². The lowest BCUT2D eigenvalue weighted by molar-refractivity contribution is -0.121. The van der Waals surface area contributed by atoms with Crippen LogP contribution >= 0.6 is 0 Å². The van der Waals surface area contributed by atoms with E-state index in [2.05, 4.69) is 16.0 Å². The molecular formula is C14H21N3O4. The van der Waals surface area contributed by atoms with Crippen LogP contribution in [0.5, 0.6) is 0 Å². The first-order chi connectivity index (χ1) is 10.0. The Hall–Kier alpha value is -2.31. The van der Waals surface area contributed by atoms with Crippen LogP contribution in [0.3, 0.4) is 0 Å². The standard InChI is InChI=1S/C14H21N3O4/c1-4-11(18)15-9-7-21-8-10(16-12(19)5-2)14(9)17-13(20)6-3/h7H,4-6,8H2,1-3H3,(H,15,18)(H,16,19)(H,17,20). The minimum Gasteiger partial charge on any atom is -0.493 e. The van der Waals surface area contributed by atoms with Crippen LogP contribution in [0.15, 0.2) is 23.4 Å². The van der Waals surface area contributed by atoms with Crippen molar-refractivity contribution in [2.75, 3.05) is 6.61 Å². The van der Waals surface area contributed by atoms with Crippen molar-refractivity contribution in [2.45, 2.75) is 40.0 Å². The summed E-state index contributed by atoms with van der Waals surface area (Å²) in [6.45, 7) is 5.27. The van der Waals surface area contributed by atoms with Crippen molar-refractivity contribution in [3.8, 4) is 0 Å². The number of rotatable bonds is 6. The molecule has 0 fully saturated rings. The Morgan fingerprint density at radius 1 is 0.952 bits per heavy atom. The molecular weight excluding hydrogens is 274 g/mol. The molecule has 1 aliphatic rings. The Morgan fingerprint density at radius 2 is 1.48 bits per heavy atom. The number of carbonyl (C=O) groups is 3. The van der Waals surface area contributed by atoms with E-state index < -0.39 is 0 Å². The first kappa shape index (κ1) is 16.7. The molecule has 1 heterocycles. The predicted molar refractivity (Wildman–Crippen MR) is 76.4 cm³/mol. The number of ether oxygens (including phenoxy) is 1. The predicted octanol–water partition coefficient (Wildman–Crippen LogP) is 0.648. The fourth-order valence-electron chi connectivity index (χ4n) is 1.56. The van der Waals surface area contributed by atoms with E-state index in [4.69, 9.17) is 4.74 Å². The van der Waals surface area contributed by atoms with Gasteiger partial charge in [-0.15, -0.1) is 0 Å². The molecule has 0 spiro atoms. The van der Waals surface area contributed by atoms with Crippen LogP contribution in [-0.4, -0.2) is 24.3 Å². The minimum absolute atomic E-state index is 0.122. The maximum Gasteiger partial charge on any atom is 0.224 e. The van der Waals surface area contributed by atoms with Crippen LogP contribution in [-0.2, 0) is 19.1 Å². The van der Waals surface area contributed by atoms with Gasteiger partial charge in [0.05, 0.1) is 11.4 Å². The fourth-order valence-corrected chi connectivity index (χ4v) is 1.56. The molecule has 1 aliphatic heterocycles. The number of hydrogen-bond acceptors (Lipinski definition) is 4. The van der Waals surface area contributed by atoms with Crippen LogP contribution in [0.1, 0.15) is 40.0 Å². The highest BCUT2D eigenvalue weighted by Gasteiger charge is 2.21. The summed E-state index contributed by atoms with van der Waals surface area (Å²) >= 11 is 0. The Labute approximate surface area is 123 Å². The summed E-state index contributed by atoms with van der Waals surface area (Å²) in [4.78, 5) is 34.7. The van der Waals surface area contributed by atoms with E-state index in [-0.39, 0.29) is 30.7 Å². The van der Waals surface area contributed by atoms with Gasteiger partial charge in [-0.05, 0) is 0 Å². The molecule has 0 unspecified atom stereocenters. The summed E-state index contributed by atoms with van der Waals surface area (Å²) < 4.78 is 5.23. The minimum atomic E-state index is -0.216. The second kappa shape index (κ2) is 8.08. The lowest BCUT2D eigenvalue weighted by Gasteiger charge is -2.23. The summed E-state index contributed by atoms with van der Waals surface area (Å²) in [5.74, 6) is -0.622. The van der Waals surface area contributed by atoms with E-state index in [1.807, 2.05) is 0 Å². The van der Waals surface area contributed by atoms with Crippen molar-refractivity contribution in [1.82, 2.24) is 16.0 Å². The van der Waals surface area contributed by atoms with Gasteiger partial charge in [-0.2, -0.15) is 0 Å². The van der Waals surface area contributed by atoms with Crippen LogP contribution < -0.4 is 16.0 Å². The zero-order valence-electron chi connectivity index (χ0n) is 12.5. The Bertz CT molecular complexity index is 494. The highest BCUT2D eigenvalue weighted by molar-refractivity contribution is 5.83. The average Bonchev–Trinajstić information content (AvgIpc) is 2.49. The van der Waals surface area contributed by atoms with Gasteiger partial charge >= 0.3 is 0 Å². The quantitative estimate of drug-likeness (QED) is 0.670. The first-order valence-corrected chi connectivity index (χ1v) is 6.96. The molecule has 0 bridgehead atoms. The summed E-state index contributed by atoms with van der Waals surface area (Å²) in [5.41, 5.74) is 1.13. The summed E-state index contributed by atoms with van der Waals surface area (Å²) in [6.07, 6.45) is 2.25. The van der Waals surface area contributed by atoms with Gasteiger partial charge in [0.2, 0.25) is 17.7 Å². The SMILES string of the molecule is CCC(=O)NC1=COCC(NC(=O)CC)=C1NC(=O)CC. The second-order valence-electron chi connectivity index (χ2n) is 4.40. The topological polar surface area (TPSA) is 96.5 Å². The molecule has 7 heteroatoms. The highest BCUT2D eigenvalue weighted by Crippen LogP contribution is 2.15. The second-order valence-corrected chi connectivity index (χ2v) is 4.40. The molecule has 0 aromatic carbocycles. The third kappa shape index (κ3) is 4.94. The third-order valence-corrected chi connectivity index (χ3v) is 2.79. The molecule has 3 N–H and O–H groups in total. The van der Waals surface area contributed by atoms with E-state index in [1.165, 1.54) is 6.26 Å². The third-order valence-electron chi connectivity index (χ3n) is 2.79. The number of carbonyl (C=O) groups excluding carboxylic acids is 3. The zero-order chi connectivity index (χ0) is 15.8. The highest BCUT2D eigenvalue weighted by atomic mass is 16.5. The van der Waals surface area contributed by atoms with E-state index >= 15 is 0 Å². The monoisotopic (exact) mass is 295 g/mol. The van der Waals surface area contributed by atoms with Crippen molar-refractivity contribution in [3.05, 3.63) is 23.4 Å². The van der Waals surface area contributed by atoms with Crippen molar-refractivity contribution in [3.63, 3.8) is 0 Å². The van der Waals surface area contributed by atoms with Gasteiger partial charge in [-0.25, -0.2) is 0 Å². The molecule has 116 valence electrons. The molecule has 0 saturated carbocycles. The van der Waals surface area contributed by atoms with Gasteiger partial charge in [0.15, 0.2) is 0 Å². The molecule has 7 nitrogen and oxygen atoms in total. The molecule has 1 rings (SSSR count). The molecule has 0 saturated heterocycles. The zero-order valence-corrected chi connectivity index (χ0v) is 12.5. The smallest absolute Gasteiger partial charge is 0.224 e. The van der Waals surface area contributed by atoms with Crippen molar-refractivity contribution >= 4 is 17.7 Å². The van der Waals surface area contributed by atoms with Gasteiger partial charge in [-0.3, -0.25) is 14.4 Å². The summed E-state index contributed by atoms with van der Waals surface area (Å²) in [6, 6.07) is 0. The van der Waals surface area contributed by atoms with E-state index in [9.17, 15) is 14.4 Å². The fraction of sp³-hybridized carbons (Fsp3) is 0.500. The van der Waals surface area contributed by atoms with Crippen LogP contribution in [0.2, 0.25) is 0 Å². The summed E-state index contributed by atoms with van der Waals surface area (Å²) in [7, 11) is 0. The average molecular weight is 295 g/mol. The van der Waals surface area contributed by atoms with Crippen molar-refractivity contribution < 1.29 is 19.1 Å². The number of nitrogens with one attached hydrogen (secondary N) is 3. The van der Waals surface area contributed by atoms with E-state index in [1.54, 1.807) is 20.8 Å². The van der Waals surface area contributed by atoms with Crippen LogP contribution in [0, 0.1) is 0 Å². The van der Waals surface area contributed by atoms with Gasteiger partial charge in [0.25, 0.3) is 0 Å². The molecule has 0 aliphatic carbocycles. The van der Waals surface area contributed by atoms with Crippen LogP contribution in [0.25, 0.3) is 0 Å². The Kier molecular flexibility index (Phi) is 6.45. The largest absolute Gasteiger partial charge is 0.493 e. The molecule has 0 atom stereocenters. The Morgan fingerprint density at radius 3 is 2.05 bits per heavy atom. The molecule has 21 heavy (non-hydrogen) atoms. The molecule has 0 radical (unpaired) electrons. The maximum absolute atomic E-state index is 11.6. The number of hydrogen-bond donors (Lipinski definition) is 3. The van der Waals surface area contributed by atoms with Crippen LogP contribution in [0.4, 0.5) is 0 Å². The van der Waals surface area contributed by atoms with E-state index in [0.717, 1.165) is 0 Å². The molecule has 0 aromatic rings. The lowest BCUT2D eigenvalue weighted by Crippen LogP contribution is -2.38. The number of amides is 3. The molecule has 3 amide bonds.